The molecule has 1 amide bonds. The first-order valence-electron chi connectivity index (χ1n) is 5.30. The fourth-order valence-electron chi connectivity index (χ4n) is 1.22. The molecule has 0 spiro atoms. The van der Waals surface area contributed by atoms with Crippen LogP contribution in [0.15, 0.2) is 24.3 Å². The molecule has 0 aliphatic heterocycles. The van der Waals surface area contributed by atoms with Crippen LogP contribution in [0.1, 0.15) is 6.92 Å². The van der Waals surface area contributed by atoms with Crippen LogP contribution in [0.3, 0.4) is 0 Å². The summed E-state index contributed by atoms with van der Waals surface area (Å²) in [5.74, 6) is -0.979. The number of amides is 1. The zero-order valence-electron chi connectivity index (χ0n) is 10.1. The molecule has 0 aromatic heterocycles. The minimum atomic E-state index is -1.35. The van der Waals surface area contributed by atoms with E-state index in [1.165, 1.54) is 14.0 Å². The number of para-hydroxylation sites is 2. The Morgan fingerprint density at radius 2 is 1.94 bits per heavy atom. The summed E-state index contributed by atoms with van der Waals surface area (Å²) < 4.78 is 10.3. The predicted molar refractivity (Wildman–Crippen MR) is 61.1 cm³/mol. The van der Waals surface area contributed by atoms with Crippen molar-refractivity contribution in [1.29, 1.82) is 0 Å². The number of aliphatic carboxylic acids is 1. The SMILES string of the molecule is COc1ccccc1OCC(=O)N[C@H](C)C(=O)[O-]. The van der Waals surface area contributed by atoms with Crippen molar-refractivity contribution in [1.82, 2.24) is 5.32 Å². The van der Waals surface area contributed by atoms with Gasteiger partial charge in [-0.05, 0) is 19.1 Å². The molecule has 0 fully saturated rings. The topological polar surface area (TPSA) is 87.7 Å². The van der Waals surface area contributed by atoms with Crippen molar-refractivity contribution in [2.45, 2.75) is 13.0 Å². The maximum atomic E-state index is 11.4. The van der Waals surface area contributed by atoms with Gasteiger partial charge in [-0.15, -0.1) is 0 Å². The lowest BCUT2D eigenvalue weighted by Gasteiger charge is -2.15. The number of benzene rings is 1. The summed E-state index contributed by atoms with van der Waals surface area (Å²) in [6.45, 7) is 1.02. The van der Waals surface area contributed by atoms with E-state index in [4.69, 9.17) is 9.47 Å². The maximum Gasteiger partial charge on any atom is 0.258 e. The van der Waals surface area contributed by atoms with Crippen molar-refractivity contribution in [2.75, 3.05) is 13.7 Å². The summed E-state index contributed by atoms with van der Waals surface area (Å²) in [6.07, 6.45) is 0. The first-order chi connectivity index (χ1) is 8.54. The molecule has 0 saturated carbocycles. The van der Waals surface area contributed by atoms with Crippen LogP contribution in [0, 0.1) is 0 Å². The third-order valence-electron chi connectivity index (χ3n) is 2.16. The molecule has 0 radical (unpaired) electrons. The first kappa shape index (κ1) is 13.8. The molecule has 1 aromatic carbocycles. The Bertz CT molecular complexity index is 432. The highest BCUT2D eigenvalue weighted by Crippen LogP contribution is 2.25. The molecule has 98 valence electrons. The summed E-state index contributed by atoms with van der Waals surface area (Å²) in [7, 11) is 1.49. The number of ether oxygens (including phenoxy) is 2. The predicted octanol–water partition coefficient (Wildman–Crippen LogP) is -0.671. The smallest absolute Gasteiger partial charge is 0.258 e. The van der Waals surface area contributed by atoms with Crippen molar-refractivity contribution in [3.05, 3.63) is 24.3 Å². The zero-order chi connectivity index (χ0) is 13.5. The molecular weight excluding hydrogens is 238 g/mol. The van der Waals surface area contributed by atoms with E-state index >= 15 is 0 Å². The highest BCUT2D eigenvalue weighted by atomic mass is 16.5. The molecule has 1 N–H and O–H groups in total. The molecular formula is C12H14NO5-. The van der Waals surface area contributed by atoms with E-state index in [9.17, 15) is 14.7 Å². The van der Waals surface area contributed by atoms with Crippen molar-refractivity contribution in [3.63, 3.8) is 0 Å². The lowest BCUT2D eigenvalue weighted by atomic mass is 10.3. The molecule has 0 unspecified atom stereocenters. The summed E-state index contributed by atoms with van der Waals surface area (Å²) in [4.78, 5) is 21.8. The molecule has 0 bridgehead atoms. The van der Waals surface area contributed by atoms with Crippen molar-refractivity contribution in [3.8, 4) is 11.5 Å². The number of hydrogen-bond donors (Lipinski definition) is 1. The van der Waals surface area contributed by atoms with Gasteiger partial charge in [-0.25, -0.2) is 0 Å². The van der Waals surface area contributed by atoms with Crippen LogP contribution in [0.25, 0.3) is 0 Å². The number of carboxylic acids is 1. The fraction of sp³-hybridized carbons (Fsp3) is 0.333. The van der Waals surface area contributed by atoms with Crippen LogP contribution < -0.4 is 19.9 Å². The third kappa shape index (κ3) is 3.97. The van der Waals surface area contributed by atoms with Crippen molar-refractivity contribution >= 4 is 11.9 Å². The Morgan fingerprint density at radius 1 is 1.33 bits per heavy atom. The second kappa shape index (κ2) is 6.48. The molecule has 1 rings (SSSR count). The van der Waals surface area contributed by atoms with E-state index in [-0.39, 0.29) is 6.61 Å². The van der Waals surface area contributed by atoms with Crippen LogP contribution in [0.2, 0.25) is 0 Å². The van der Waals surface area contributed by atoms with E-state index in [1.54, 1.807) is 24.3 Å². The highest BCUT2D eigenvalue weighted by Gasteiger charge is 2.10. The van der Waals surface area contributed by atoms with Crippen molar-refractivity contribution < 1.29 is 24.2 Å². The quantitative estimate of drug-likeness (QED) is 0.725. The monoisotopic (exact) mass is 252 g/mol. The highest BCUT2D eigenvalue weighted by molar-refractivity contribution is 5.83. The van der Waals surface area contributed by atoms with Crippen molar-refractivity contribution in [2.24, 2.45) is 0 Å². The molecule has 1 aromatic rings. The van der Waals surface area contributed by atoms with E-state index in [0.29, 0.717) is 11.5 Å². The number of carbonyl (C=O) groups excluding carboxylic acids is 2. The van der Waals surface area contributed by atoms with Crippen LogP contribution in [0.5, 0.6) is 11.5 Å². The van der Waals surface area contributed by atoms with Gasteiger partial charge in [0.05, 0.1) is 19.1 Å². The lowest BCUT2D eigenvalue weighted by Crippen LogP contribution is -2.47. The van der Waals surface area contributed by atoms with E-state index in [1.807, 2.05) is 0 Å². The van der Waals surface area contributed by atoms with Gasteiger partial charge in [0, 0.05) is 0 Å². The zero-order valence-corrected chi connectivity index (χ0v) is 10.1. The van der Waals surface area contributed by atoms with Crippen LogP contribution >= 0.6 is 0 Å². The van der Waals surface area contributed by atoms with Gasteiger partial charge in [0.2, 0.25) is 0 Å². The Hall–Kier alpha value is -2.24. The van der Waals surface area contributed by atoms with Gasteiger partial charge in [0.15, 0.2) is 18.1 Å². The van der Waals surface area contributed by atoms with Gasteiger partial charge in [0.1, 0.15) is 0 Å². The summed E-state index contributed by atoms with van der Waals surface area (Å²) >= 11 is 0. The Morgan fingerprint density at radius 3 is 2.50 bits per heavy atom. The molecule has 0 saturated heterocycles. The summed E-state index contributed by atoms with van der Waals surface area (Å²) in [5.41, 5.74) is 0. The third-order valence-corrected chi connectivity index (χ3v) is 2.16. The molecule has 0 aliphatic rings. The fourth-order valence-corrected chi connectivity index (χ4v) is 1.22. The van der Waals surface area contributed by atoms with Crippen LogP contribution in [-0.2, 0) is 9.59 Å². The lowest BCUT2D eigenvalue weighted by molar-refractivity contribution is -0.307. The van der Waals surface area contributed by atoms with E-state index in [0.717, 1.165) is 0 Å². The average molecular weight is 252 g/mol. The molecule has 1 atom stereocenters. The van der Waals surface area contributed by atoms with Crippen LogP contribution in [0.4, 0.5) is 0 Å². The number of rotatable bonds is 6. The Labute approximate surface area is 105 Å². The van der Waals surface area contributed by atoms with Crippen LogP contribution in [-0.4, -0.2) is 31.6 Å². The normalized spacial score (nSPS) is 11.4. The minimum Gasteiger partial charge on any atom is -0.548 e. The average Bonchev–Trinajstić information content (AvgIpc) is 2.36. The molecule has 0 heterocycles. The second-order valence-electron chi connectivity index (χ2n) is 3.55. The second-order valence-corrected chi connectivity index (χ2v) is 3.55. The Balaban J connectivity index is 2.50. The first-order valence-corrected chi connectivity index (χ1v) is 5.30. The number of methoxy groups -OCH3 is 1. The summed E-state index contributed by atoms with van der Waals surface area (Å²) in [5, 5.41) is 12.6. The summed E-state index contributed by atoms with van der Waals surface area (Å²) in [6, 6.07) is 5.79. The van der Waals surface area contributed by atoms with Gasteiger partial charge >= 0.3 is 0 Å². The Kier molecular flexibility index (Phi) is 4.98. The molecule has 18 heavy (non-hydrogen) atoms. The van der Waals surface area contributed by atoms with E-state index in [2.05, 4.69) is 5.32 Å². The molecule has 6 heteroatoms. The standard InChI is InChI=1S/C12H15NO5/c1-8(12(15)16)13-11(14)7-18-10-6-4-3-5-9(10)17-2/h3-6,8H,7H2,1-2H3,(H,13,14)(H,15,16)/p-1/t8-/m1/s1. The maximum absolute atomic E-state index is 11.4. The van der Waals surface area contributed by atoms with Gasteiger partial charge in [0.25, 0.3) is 5.91 Å². The van der Waals surface area contributed by atoms with Gasteiger partial charge < -0.3 is 24.7 Å². The van der Waals surface area contributed by atoms with Gasteiger partial charge in [-0.1, -0.05) is 12.1 Å². The largest absolute Gasteiger partial charge is 0.548 e. The number of carboxylic acid groups (broad SMARTS) is 1. The number of carbonyl (C=O) groups is 2. The number of hydrogen-bond acceptors (Lipinski definition) is 5. The molecule has 0 aliphatic carbocycles. The molecule has 6 nitrogen and oxygen atoms in total. The number of nitrogens with one attached hydrogen (secondary N) is 1. The minimum absolute atomic E-state index is 0.294. The van der Waals surface area contributed by atoms with E-state index < -0.39 is 17.9 Å². The van der Waals surface area contributed by atoms with Gasteiger partial charge in [-0.2, -0.15) is 0 Å². The van der Waals surface area contributed by atoms with Gasteiger partial charge in [-0.3, -0.25) is 4.79 Å².